The number of carbonyl (C=O) groups is 1. The van der Waals surface area contributed by atoms with Crippen molar-refractivity contribution < 1.29 is 9.53 Å². The SMILES string of the molecule is C=CC(=O)Nc1cnc(OC)c(Br)c1. The van der Waals surface area contributed by atoms with Gasteiger partial charge in [0, 0.05) is 0 Å². The zero-order chi connectivity index (χ0) is 10.6. The minimum atomic E-state index is -0.274. The zero-order valence-electron chi connectivity index (χ0n) is 7.58. The predicted molar refractivity (Wildman–Crippen MR) is 57.3 cm³/mol. The Morgan fingerprint density at radius 1 is 1.79 bits per heavy atom. The number of ether oxygens (including phenoxy) is 1. The molecule has 0 aliphatic heterocycles. The quantitative estimate of drug-likeness (QED) is 0.842. The van der Waals surface area contributed by atoms with Crippen LogP contribution < -0.4 is 10.1 Å². The van der Waals surface area contributed by atoms with Crippen molar-refractivity contribution in [2.24, 2.45) is 0 Å². The number of aromatic nitrogens is 1. The molecule has 0 aliphatic rings. The maximum Gasteiger partial charge on any atom is 0.247 e. The van der Waals surface area contributed by atoms with E-state index in [4.69, 9.17) is 4.74 Å². The number of amides is 1. The van der Waals surface area contributed by atoms with Crippen LogP contribution in [0.5, 0.6) is 5.88 Å². The summed E-state index contributed by atoms with van der Waals surface area (Å²) in [5.74, 6) is 0.200. The molecule has 1 amide bonds. The van der Waals surface area contributed by atoms with Crippen molar-refractivity contribution in [2.75, 3.05) is 12.4 Å². The Morgan fingerprint density at radius 2 is 2.50 bits per heavy atom. The highest BCUT2D eigenvalue weighted by atomic mass is 79.9. The first kappa shape index (κ1) is 10.7. The largest absolute Gasteiger partial charge is 0.480 e. The van der Waals surface area contributed by atoms with Crippen molar-refractivity contribution in [2.45, 2.75) is 0 Å². The number of halogens is 1. The smallest absolute Gasteiger partial charge is 0.247 e. The van der Waals surface area contributed by atoms with E-state index in [1.807, 2.05) is 0 Å². The molecular weight excluding hydrogens is 248 g/mol. The minimum Gasteiger partial charge on any atom is -0.480 e. The summed E-state index contributed by atoms with van der Waals surface area (Å²) < 4.78 is 5.62. The Balaban J connectivity index is 2.86. The molecule has 5 heteroatoms. The molecule has 0 bridgehead atoms. The van der Waals surface area contributed by atoms with Crippen LogP contribution in [-0.2, 0) is 4.79 Å². The van der Waals surface area contributed by atoms with E-state index in [0.29, 0.717) is 16.0 Å². The van der Waals surface area contributed by atoms with E-state index in [1.165, 1.54) is 19.4 Å². The van der Waals surface area contributed by atoms with Gasteiger partial charge in [0.15, 0.2) is 0 Å². The Morgan fingerprint density at radius 3 is 3.00 bits per heavy atom. The third-order valence-corrected chi connectivity index (χ3v) is 2.02. The molecular formula is C9H9BrN2O2. The van der Waals surface area contributed by atoms with Crippen LogP contribution in [0.25, 0.3) is 0 Å². The van der Waals surface area contributed by atoms with Gasteiger partial charge in [-0.3, -0.25) is 4.79 Å². The second-order valence-corrected chi connectivity index (χ2v) is 3.26. The van der Waals surface area contributed by atoms with E-state index in [0.717, 1.165) is 0 Å². The molecule has 0 fully saturated rings. The van der Waals surface area contributed by atoms with Crippen LogP contribution >= 0.6 is 15.9 Å². The lowest BCUT2D eigenvalue weighted by Crippen LogP contribution is -2.07. The van der Waals surface area contributed by atoms with Crippen LogP contribution in [0.3, 0.4) is 0 Å². The number of rotatable bonds is 3. The van der Waals surface area contributed by atoms with E-state index in [-0.39, 0.29) is 5.91 Å². The highest BCUT2D eigenvalue weighted by Crippen LogP contribution is 2.24. The summed E-state index contributed by atoms with van der Waals surface area (Å²) in [6, 6.07) is 1.70. The molecule has 0 saturated heterocycles. The Labute approximate surface area is 90.1 Å². The number of methoxy groups -OCH3 is 1. The zero-order valence-corrected chi connectivity index (χ0v) is 9.17. The van der Waals surface area contributed by atoms with Crippen molar-refractivity contribution in [1.29, 1.82) is 0 Å². The van der Waals surface area contributed by atoms with E-state index >= 15 is 0 Å². The molecule has 0 atom stereocenters. The number of hydrogen-bond acceptors (Lipinski definition) is 3. The van der Waals surface area contributed by atoms with Gasteiger partial charge in [-0.2, -0.15) is 0 Å². The molecule has 1 aromatic heterocycles. The second kappa shape index (κ2) is 4.76. The molecule has 0 aliphatic carbocycles. The molecule has 0 unspecified atom stereocenters. The van der Waals surface area contributed by atoms with Crippen LogP contribution in [0, 0.1) is 0 Å². The van der Waals surface area contributed by atoms with Crippen molar-refractivity contribution in [3.63, 3.8) is 0 Å². The topological polar surface area (TPSA) is 51.2 Å². The molecule has 0 spiro atoms. The molecule has 1 N–H and O–H groups in total. The number of anilines is 1. The lowest BCUT2D eigenvalue weighted by Gasteiger charge is -2.05. The number of carbonyl (C=O) groups excluding carboxylic acids is 1. The normalized spacial score (nSPS) is 9.29. The van der Waals surface area contributed by atoms with Gasteiger partial charge >= 0.3 is 0 Å². The molecule has 74 valence electrons. The lowest BCUT2D eigenvalue weighted by atomic mass is 10.4. The maximum absolute atomic E-state index is 10.9. The summed E-state index contributed by atoms with van der Waals surface area (Å²) in [6.45, 7) is 3.34. The molecule has 0 saturated carbocycles. The molecule has 1 heterocycles. The van der Waals surface area contributed by atoms with Gasteiger partial charge in [-0.15, -0.1) is 0 Å². The highest BCUT2D eigenvalue weighted by Gasteiger charge is 2.03. The molecule has 0 aromatic carbocycles. The van der Waals surface area contributed by atoms with Crippen LogP contribution in [0.2, 0.25) is 0 Å². The summed E-state index contributed by atoms with van der Waals surface area (Å²) in [5.41, 5.74) is 0.586. The number of nitrogens with one attached hydrogen (secondary N) is 1. The van der Waals surface area contributed by atoms with Gasteiger partial charge in [-0.25, -0.2) is 4.98 Å². The highest BCUT2D eigenvalue weighted by molar-refractivity contribution is 9.10. The van der Waals surface area contributed by atoms with E-state index < -0.39 is 0 Å². The van der Waals surface area contributed by atoms with E-state index in [9.17, 15) is 4.79 Å². The van der Waals surface area contributed by atoms with Gasteiger partial charge in [0.25, 0.3) is 0 Å². The maximum atomic E-state index is 10.9. The minimum absolute atomic E-state index is 0.274. The van der Waals surface area contributed by atoms with Gasteiger partial charge in [0.1, 0.15) is 0 Å². The number of pyridine rings is 1. The summed E-state index contributed by atoms with van der Waals surface area (Å²) in [5, 5.41) is 2.58. The van der Waals surface area contributed by atoms with Gasteiger partial charge in [-0.1, -0.05) is 6.58 Å². The summed E-state index contributed by atoms with van der Waals surface area (Å²) in [7, 11) is 1.52. The van der Waals surface area contributed by atoms with E-state index in [1.54, 1.807) is 6.07 Å². The van der Waals surface area contributed by atoms with Crippen LogP contribution in [0.15, 0.2) is 29.4 Å². The molecule has 14 heavy (non-hydrogen) atoms. The lowest BCUT2D eigenvalue weighted by molar-refractivity contribution is -0.111. The van der Waals surface area contributed by atoms with Crippen molar-refractivity contribution in [3.8, 4) is 5.88 Å². The first-order chi connectivity index (χ1) is 6.67. The fourth-order valence-corrected chi connectivity index (χ4v) is 1.35. The predicted octanol–water partition coefficient (Wildman–Crippen LogP) is 1.98. The Bertz CT molecular complexity index is 366. The van der Waals surface area contributed by atoms with E-state index in [2.05, 4.69) is 32.8 Å². The van der Waals surface area contributed by atoms with Crippen LogP contribution in [0.1, 0.15) is 0 Å². The monoisotopic (exact) mass is 256 g/mol. The van der Waals surface area contributed by atoms with Crippen molar-refractivity contribution in [3.05, 3.63) is 29.4 Å². The van der Waals surface area contributed by atoms with Crippen molar-refractivity contribution >= 4 is 27.5 Å². The average molecular weight is 257 g/mol. The standard InChI is InChI=1S/C9H9BrN2O2/c1-3-8(13)12-6-4-7(10)9(14-2)11-5-6/h3-5H,1H2,2H3,(H,12,13). The average Bonchev–Trinajstić information content (AvgIpc) is 2.18. The third-order valence-electron chi connectivity index (χ3n) is 1.45. The first-order valence-corrected chi connectivity index (χ1v) is 4.59. The number of hydrogen-bond donors (Lipinski definition) is 1. The van der Waals surface area contributed by atoms with Crippen LogP contribution in [0.4, 0.5) is 5.69 Å². The summed E-state index contributed by atoms with van der Waals surface area (Å²) in [4.78, 5) is 14.9. The molecule has 4 nitrogen and oxygen atoms in total. The second-order valence-electron chi connectivity index (χ2n) is 2.41. The molecule has 1 rings (SSSR count). The molecule has 1 aromatic rings. The molecule has 0 radical (unpaired) electrons. The fraction of sp³-hybridized carbons (Fsp3) is 0.111. The third kappa shape index (κ3) is 2.56. The number of nitrogens with zero attached hydrogens (tertiary/aromatic N) is 1. The summed E-state index contributed by atoms with van der Waals surface area (Å²) >= 11 is 3.25. The Hall–Kier alpha value is -1.36. The first-order valence-electron chi connectivity index (χ1n) is 3.80. The Kier molecular flexibility index (Phi) is 3.64. The van der Waals surface area contributed by atoms with Gasteiger partial charge in [0.05, 0.1) is 23.5 Å². The van der Waals surface area contributed by atoms with Gasteiger partial charge in [0.2, 0.25) is 11.8 Å². The van der Waals surface area contributed by atoms with Gasteiger partial charge in [-0.05, 0) is 28.1 Å². The van der Waals surface area contributed by atoms with Crippen LogP contribution in [-0.4, -0.2) is 18.0 Å². The van der Waals surface area contributed by atoms with Crippen molar-refractivity contribution in [1.82, 2.24) is 4.98 Å². The summed E-state index contributed by atoms with van der Waals surface area (Å²) in [6.07, 6.45) is 2.70. The van der Waals surface area contributed by atoms with Gasteiger partial charge < -0.3 is 10.1 Å². The fourth-order valence-electron chi connectivity index (χ4n) is 0.837.